The Balaban J connectivity index is 1.22. The van der Waals surface area contributed by atoms with Gasteiger partial charge in [0.25, 0.3) is 6.47 Å². The molecule has 2 aromatic heterocycles. The Morgan fingerprint density at radius 2 is 2.14 bits per heavy atom. The standard InChI is InChI=1S/C25H32N6O4S/c1-16-22(26)25(14-35-16)5-9-30(10-6-25)23-18(13-33-15-32)29-20(11-28-23)36-19-4-7-27-24-21(19)34-12-17-3-2-8-31(17)24/h4,7,11,15-17,22H,2-3,5-6,8-10,12-14,26H2,1H3/t16-,17-,22+/m0/s1. The highest BCUT2D eigenvalue weighted by atomic mass is 32.2. The van der Waals surface area contributed by atoms with E-state index in [9.17, 15) is 4.79 Å². The van der Waals surface area contributed by atoms with Crippen molar-refractivity contribution in [2.24, 2.45) is 11.1 Å². The molecule has 0 bridgehead atoms. The van der Waals surface area contributed by atoms with Gasteiger partial charge in [-0.1, -0.05) is 11.8 Å². The van der Waals surface area contributed by atoms with Gasteiger partial charge < -0.3 is 29.7 Å². The summed E-state index contributed by atoms with van der Waals surface area (Å²) in [7, 11) is 0. The number of rotatable bonds is 6. The van der Waals surface area contributed by atoms with Crippen molar-refractivity contribution in [3.05, 3.63) is 24.2 Å². The van der Waals surface area contributed by atoms with Crippen LogP contribution in [0.5, 0.6) is 5.75 Å². The predicted octanol–water partition coefficient (Wildman–Crippen LogP) is 2.39. The number of piperidine rings is 1. The van der Waals surface area contributed by atoms with Crippen molar-refractivity contribution in [1.82, 2.24) is 15.0 Å². The lowest BCUT2D eigenvalue weighted by Crippen LogP contribution is -2.51. The number of fused-ring (bicyclic) bond motifs is 3. The maximum Gasteiger partial charge on any atom is 0.293 e. The van der Waals surface area contributed by atoms with Gasteiger partial charge in [-0.2, -0.15) is 0 Å². The van der Waals surface area contributed by atoms with Gasteiger partial charge in [-0.25, -0.2) is 15.0 Å². The van der Waals surface area contributed by atoms with Gasteiger partial charge in [0.05, 0.1) is 29.8 Å². The molecule has 10 nitrogen and oxygen atoms in total. The molecule has 2 N–H and O–H groups in total. The third-order valence-corrected chi connectivity index (χ3v) is 9.07. The van der Waals surface area contributed by atoms with E-state index in [4.69, 9.17) is 29.9 Å². The number of carbonyl (C=O) groups excluding carboxylic acids is 1. The minimum atomic E-state index is 0.0212. The molecule has 4 aliphatic rings. The zero-order valence-electron chi connectivity index (χ0n) is 20.5. The molecule has 192 valence electrons. The number of pyridine rings is 1. The summed E-state index contributed by atoms with van der Waals surface area (Å²) in [5.74, 6) is 2.47. The molecule has 36 heavy (non-hydrogen) atoms. The number of aromatic nitrogens is 3. The van der Waals surface area contributed by atoms with Crippen LogP contribution in [-0.4, -0.2) is 72.5 Å². The monoisotopic (exact) mass is 512 g/mol. The number of carbonyl (C=O) groups is 1. The van der Waals surface area contributed by atoms with E-state index in [1.54, 1.807) is 6.20 Å². The first-order valence-corrected chi connectivity index (χ1v) is 13.5. The van der Waals surface area contributed by atoms with E-state index >= 15 is 0 Å². The van der Waals surface area contributed by atoms with Crippen molar-refractivity contribution in [2.75, 3.05) is 42.6 Å². The molecule has 0 aliphatic carbocycles. The van der Waals surface area contributed by atoms with Crippen LogP contribution in [0.15, 0.2) is 28.4 Å². The molecule has 0 saturated carbocycles. The smallest absolute Gasteiger partial charge is 0.293 e. The van der Waals surface area contributed by atoms with Gasteiger partial charge in [-0.3, -0.25) is 4.79 Å². The van der Waals surface area contributed by atoms with E-state index in [-0.39, 0.29) is 24.2 Å². The largest absolute Gasteiger partial charge is 0.486 e. The van der Waals surface area contributed by atoms with Gasteiger partial charge in [0.15, 0.2) is 17.4 Å². The second kappa shape index (κ2) is 9.68. The third-order valence-electron chi connectivity index (χ3n) is 8.13. The van der Waals surface area contributed by atoms with Crippen LogP contribution in [0.2, 0.25) is 0 Å². The average molecular weight is 513 g/mol. The zero-order valence-corrected chi connectivity index (χ0v) is 21.3. The molecule has 2 aromatic rings. The van der Waals surface area contributed by atoms with Gasteiger partial charge in [-0.05, 0) is 38.7 Å². The number of ether oxygens (including phenoxy) is 3. The summed E-state index contributed by atoms with van der Waals surface area (Å²) >= 11 is 1.49. The van der Waals surface area contributed by atoms with Crippen molar-refractivity contribution in [3.63, 3.8) is 0 Å². The number of hydrogen-bond acceptors (Lipinski definition) is 11. The van der Waals surface area contributed by atoms with Crippen molar-refractivity contribution in [3.8, 4) is 5.75 Å². The molecule has 0 aromatic carbocycles. The van der Waals surface area contributed by atoms with E-state index in [2.05, 4.69) is 21.7 Å². The molecule has 11 heteroatoms. The normalized spacial score (nSPS) is 26.4. The highest BCUT2D eigenvalue weighted by molar-refractivity contribution is 7.99. The SMILES string of the molecule is C[C@@H]1OCC2(CCN(c3ncc(Sc4ccnc5c4OC[C@@H]4CCCN54)nc3COC=O)CC2)[C@@H]1N. The van der Waals surface area contributed by atoms with Crippen LogP contribution in [0.3, 0.4) is 0 Å². The highest BCUT2D eigenvalue weighted by Crippen LogP contribution is 2.45. The van der Waals surface area contributed by atoms with E-state index in [1.165, 1.54) is 11.8 Å². The zero-order chi connectivity index (χ0) is 24.7. The fourth-order valence-electron chi connectivity index (χ4n) is 5.98. The molecule has 6 heterocycles. The molecule has 3 atom stereocenters. The minimum Gasteiger partial charge on any atom is -0.486 e. The first-order chi connectivity index (χ1) is 17.6. The van der Waals surface area contributed by atoms with E-state index in [0.717, 1.165) is 72.6 Å². The summed E-state index contributed by atoms with van der Waals surface area (Å²) in [4.78, 5) is 30.8. The van der Waals surface area contributed by atoms with Crippen LogP contribution in [0, 0.1) is 5.41 Å². The van der Waals surface area contributed by atoms with Gasteiger partial charge >= 0.3 is 0 Å². The van der Waals surface area contributed by atoms with Gasteiger partial charge in [0, 0.05) is 37.3 Å². The number of nitrogens with two attached hydrogens (primary N) is 1. The summed E-state index contributed by atoms with van der Waals surface area (Å²) in [5, 5.41) is 0.720. The van der Waals surface area contributed by atoms with Crippen LogP contribution in [0.4, 0.5) is 11.6 Å². The Bertz CT molecular complexity index is 1130. The Labute approximate surface area is 214 Å². The fourth-order valence-corrected chi connectivity index (χ4v) is 6.84. The highest BCUT2D eigenvalue weighted by Gasteiger charge is 2.47. The van der Waals surface area contributed by atoms with Gasteiger partial charge in [-0.15, -0.1) is 0 Å². The second-order valence-electron chi connectivity index (χ2n) is 10.1. The van der Waals surface area contributed by atoms with Crippen LogP contribution in [0.25, 0.3) is 0 Å². The molecule has 4 aliphatic heterocycles. The molecular formula is C25H32N6O4S. The maximum absolute atomic E-state index is 11.0. The number of anilines is 2. The molecular weight excluding hydrogens is 480 g/mol. The summed E-state index contributed by atoms with van der Waals surface area (Å²) in [6.45, 7) is 6.59. The number of nitrogens with zero attached hydrogens (tertiary/aromatic N) is 5. The van der Waals surface area contributed by atoms with Crippen LogP contribution < -0.4 is 20.3 Å². The van der Waals surface area contributed by atoms with Gasteiger partial charge in [0.1, 0.15) is 23.9 Å². The number of hydrogen-bond donors (Lipinski definition) is 1. The van der Waals surface area contributed by atoms with Crippen LogP contribution in [-0.2, 0) is 20.9 Å². The quantitative estimate of drug-likeness (QED) is 0.575. The topological polar surface area (TPSA) is 116 Å². The molecule has 1 spiro atoms. The molecule has 0 unspecified atom stereocenters. The average Bonchev–Trinajstić information content (AvgIpc) is 3.50. The Morgan fingerprint density at radius 3 is 2.92 bits per heavy atom. The van der Waals surface area contributed by atoms with Crippen molar-refractivity contribution >= 4 is 29.9 Å². The first kappa shape index (κ1) is 23.7. The molecule has 3 saturated heterocycles. The minimum absolute atomic E-state index is 0.0212. The lowest BCUT2D eigenvalue weighted by Gasteiger charge is -2.41. The fraction of sp³-hybridized carbons (Fsp3) is 0.600. The summed E-state index contributed by atoms with van der Waals surface area (Å²) in [6.07, 6.45) is 7.87. The Hall–Kier alpha value is -2.63. The van der Waals surface area contributed by atoms with Gasteiger partial charge in [0.2, 0.25) is 0 Å². The molecule has 0 amide bonds. The molecule has 3 fully saturated rings. The van der Waals surface area contributed by atoms with Crippen molar-refractivity contribution in [2.45, 2.75) is 67.3 Å². The molecule has 0 radical (unpaired) electrons. The Morgan fingerprint density at radius 1 is 1.28 bits per heavy atom. The first-order valence-electron chi connectivity index (χ1n) is 12.7. The summed E-state index contributed by atoms with van der Waals surface area (Å²) in [5.41, 5.74) is 7.15. The second-order valence-corrected chi connectivity index (χ2v) is 11.2. The summed E-state index contributed by atoms with van der Waals surface area (Å²) in [6, 6.07) is 2.41. The van der Waals surface area contributed by atoms with E-state index in [1.807, 2.05) is 12.3 Å². The molecule has 6 rings (SSSR count). The Kier molecular flexibility index (Phi) is 6.38. The van der Waals surface area contributed by atoms with Crippen molar-refractivity contribution < 1.29 is 19.0 Å². The third kappa shape index (κ3) is 4.16. The van der Waals surface area contributed by atoms with E-state index < -0.39 is 0 Å². The lowest BCUT2D eigenvalue weighted by atomic mass is 9.73. The lowest BCUT2D eigenvalue weighted by molar-refractivity contribution is -0.129. The van der Waals surface area contributed by atoms with Crippen LogP contribution in [0.1, 0.15) is 38.3 Å². The van der Waals surface area contributed by atoms with E-state index in [0.29, 0.717) is 31.4 Å². The predicted molar refractivity (Wildman–Crippen MR) is 134 cm³/mol. The maximum atomic E-state index is 11.0. The van der Waals surface area contributed by atoms with Crippen molar-refractivity contribution in [1.29, 1.82) is 0 Å². The van der Waals surface area contributed by atoms with Crippen LogP contribution >= 0.6 is 11.8 Å². The summed E-state index contributed by atoms with van der Waals surface area (Å²) < 4.78 is 17.1.